The molecule has 6 nitrogen and oxygen atoms in total. The van der Waals surface area contributed by atoms with Crippen LogP contribution in [-0.4, -0.2) is 27.0 Å². The van der Waals surface area contributed by atoms with Crippen LogP contribution in [0.5, 0.6) is 0 Å². The summed E-state index contributed by atoms with van der Waals surface area (Å²) >= 11 is 0. The standard InChI is InChI=1S/C11H17N3O3/c1-11(2,6-10(16)17)5-9(15)14-7-8-12-3-4-13-8/h3-4H,5-7H2,1-2H3,(H,12,13)(H,14,15)(H,16,17). The minimum absolute atomic E-state index is 0.0266. The highest BCUT2D eigenvalue weighted by atomic mass is 16.4. The smallest absolute Gasteiger partial charge is 0.303 e. The topological polar surface area (TPSA) is 95.1 Å². The molecule has 3 N–H and O–H groups in total. The van der Waals surface area contributed by atoms with Crippen LogP contribution in [0.3, 0.4) is 0 Å². The summed E-state index contributed by atoms with van der Waals surface area (Å²) in [6, 6.07) is 0. The van der Waals surface area contributed by atoms with Gasteiger partial charge in [0.25, 0.3) is 0 Å². The molecule has 0 aromatic carbocycles. The molecular weight excluding hydrogens is 222 g/mol. The molecule has 0 saturated heterocycles. The highest BCUT2D eigenvalue weighted by molar-refractivity contribution is 5.77. The quantitative estimate of drug-likeness (QED) is 0.687. The van der Waals surface area contributed by atoms with Crippen LogP contribution in [0.25, 0.3) is 0 Å². The summed E-state index contributed by atoms with van der Waals surface area (Å²) in [6.07, 6.45) is 3.44. The van der Waals surface area contributed by atoms with Crippen LogP contribution in [0.1, 0.15) is 32.5 Å². The first-order valence-electron chi connectivity index (χ1n) is 5.36. The molecule has 0 aliphatic rings. The first-order valence-corrected chi connectivity index (χ1v) is 5.36. The number of aromatic amines is 1. The summed E-state index contributed by atoms with van der Waals surface area (Å²) in [6.45, 7) is 3.84. The van der Waals surface area contributed by atoms with E-state index in [2.05, 4.69) is 15.3 Å². The van der Waals surface area contributed by atoms with E-state index < -0.39 is 11.4 Å². The van der Waals surface area contributed by atoms with Gasteiger partial charge in [-0.15, -0.1) is 0 Å². The average molecular weight is 239 g/mol. The zero-order valence-electron chi connectivity index (χ0n) is 9.99. The Morgan fingerprint density at radius 3 is 2.71 bits per heavy atom. The SMILES string of the molecule is CC(C)(CC(=O)O)CC(=O)NCc1ncc[nH]1. The molecule has 0 aliphatic carbocycles. The van der Waals surface area contributed by atoms with Crippen LogP contribution >= 0.6 is 0 Å². The molecule has 1 aromatic rings. The third kappa shape index (κ3) is 5.14. The minimum Gasteiger partial charge on any atom is -0.481 e. The van der Waals surface area contributed by atoms with Crippen LogP contribution < -0.4 is 5.32 Å². The highest BCUT2D eigenvalue weighted by Crippen LogP contribution is 2.24. The zero-order valence-corrected chi connectivity index (χ0v) is 9.99. The summed E-state index contributed by atoms with van der Waals surface area (Å²) in [4.78, 5) is 29.0. The van der Waals surface area contributed by atoms with Crippen molar-refractivity contribution in [3.63, 3.8) is 0 Å². The lowest BCUT2D eigenvalue weighted by Gasteiger charge is -2.21. The fourth-order valence-electron chi connectivity index (χ4n) is 1.55. The molecule has 0 bridgehead atoms. The number of carbonyl (C=O) groups excluding carboxylic acids is 1. The van der Waals surface area contributed by atoms with Gasteiger partial charge >= 0.3 is 5.97 Å². The Kier molecular flexibility index (Phi) is 4.25. The van der Waals surface area contributed by atoms with Gasteiger partial charge in [-0.25, -0.2) is 4.98 Å². The maximum atomic E-state index is 11.6. The predicted octanol–water partition coefficient (Wildman–Crippen LogP) is 0.917. The first kappa shape index (κ1) is 13.2. The van der Waals surface area contributed by atoms with Gasteiger partial charge < -0.3 is 15.4 Å². The van der Waals surface area contributed by atoms with Gasteiger partial charge in [0.1, 0.15) is 5.82 Å². The molecule has 1 aromatic heterocycles. The molecule has 94 valence electrons. The molecule has 0 unspecified atom stereocenters. The molecule has 0 spiro atoms. The first-order chi connectivity index (χ1) is 7.89. The number of nitrogens with zero attached hydrogens (tertiary/aromatic N) is 1. The number of hydrogen-bond acceptors (Lipinski definition) is 3. The third-order valence-corrected chi connectivity index (χ3v) is 2.28. The number of carboxylic acid groups (broad SMARTS) is 1. The summed E-state index contributed by atoms with van der Waals surface area (Å²) in [7, 11) is 0. The molecule has 0 saturated carbocycles. The Bertz CT molecular complexity index is 385. The van der Waals surface area contributed by atoms with Gasteiger partial charge in [0.15, 0.2) is 0 Å². The minimum atomic E-state index is -0.895. The van der Waals surface area contributed by atoms with E-state index in [1.165, 1.54) is 0 Å². The predicted molar refractivity (Wildman–Crippen MR) is 61.1 cm³/mol. The highest BCUT2D eigenvalue weighted by Gasteiger charge is 2.25. The molecule has 0 aliphatic heterocycles. The van der Waals surface area contributed by atoms with E-state index in [-0.39, 0.29) is 18.7 Å². The van der Waals surface area contributed by atoms with Gasteiger partial charge in [-0.3, -0.25) is 9.59 Å². The average Bonchev–Trinajstić information content (AvgIpc) is 2.63. The molecule has 1 amide bonds. The number of hydrogen-bond donors (Lipinski definition) is 3. The van der Waals surface area contributed by atoms with Crippen molar-refractivity contribution in [1.29, 1.82) is 0 Å². The molecular formula is C11H17N3O3. The fourth-order valence-corrected chi connectivity index (χ4v) is 1.55. The van der Waals surface area contributed by atoms with Crippen LogP contribution in [-0.2, 0) is 16.1 Å². The summed E-state index contributed by atoms with van der Waals surface area (Å²) in [5.41, 5.74) is -0.543. The Morgan fingerprint density at radius 2 is 2.18 bits per heavy atom. The lowest BCUT2D eigenvalue weighted by atomic mass is 9.85. The number of aromatic nitrogens is 2. The van der Waals surface area contributed by atoms with Crippen molar-refractivity contribution >= 4 is 11.9 Å². The third-order valence-electron chi connectivity index (χ3n) is 2.28. The summed E-state index contributed by atoms with van der Waals surface area (Å²) in [5.74, 6) is -0.393. The van der Waals surface area contributed by atoms with E-state index in [4.69, 9.17) is 5.11 Å². The fraction of sp³-hybridized carbons (Fsp3) is 0.545. The lowest BCUT2D eigenvalue weighted by molar-refractivity contribution is -0.139. The molecule has 0 atom stereocenters. The Hall–Kier alpha value is -1.85. The van der Waals surface area contributed by atoms with Crippen molar-refractivity contribution in [2.24, 2.45) is 5.41 Å². The van der Waals surface area contributed by atoms with Crippen molar-refractivity contribution in [2.45, 2.75) is 33.2 Å². The second-order valence-corrected chi connectivity index (χ2v) is 4.72. The van der Waals surface area contributed by atoms with E-state index in [1.807, 2.05) is 0 Å². The number of nitrogens with one attached hydrogen (secondary N) is 2. The lowest BCUT2D eigenvalue weighted by Crippen LogP contribution is -2.30. The van der Waals surface area contributed by atoms with Crippen LogP contribution in [0, 0.1) is 5.41 Å². The normalized spacial score (nSPS) is 11.2. The van der Waals surface area contributed by atoms with Crippen LogP contribution in [0.4, 0.5) is 0 Å². The second-order valence-electron chi connectivity index (χ2n) is 4.72. The van der Waals surface area contributed by atoms with E-state index in [0.29, 0.717) is 12.4 Å². The Balaban J connectivity index is 2.36. The van der Waals surface area contributed by atoms with E-state index in [9.17, 15) is 9.59 Å². The number of rotatable bonds is 6. The van der Waals surface area contributed by atoms with Crippen molar-refractivity contribution < 1.29 is 14.7 Å². The number of amides is 1. The molecule has 17 heavy (non-hydrogen) atoms. The van der Waals surface area contributed by atoms with Gasteiger partial charge in [0, 0.05) is 18.8 Å². The molecule has 0 radical (unpaired) electrons. The number of H-pyrrole nitrogens is 1. The summed E-state index contributed by atoms with van der Waals surface area (Å²) < 4.78 is 0. The van der Waals surface area contributed by atoms with Gasteiger partial charge in [-0.1, -0.05) is 13.8 Å². The van der Waals surface area contributed by atoms with Gasteiger partial charge in [-0.2, -0.15) is 0 Å². The van der Waals surface area contributed by atoms with Crippen molar-refractivity contribution in [3.05, 3.63) is 18.2 Å². The number of imidazole rings is 1. The van der Waals surface area contributed by atoms with Crippen molar-refractivity contribution in [1.82, 2.24) is 15.3 Å². The Labute approximate surface area is 99.4 Å². The van der Waals surface area contributed by atoms with E-state index >= 15 is 0 Å². The molecule has 6 heteroatoms. The van der Waals surface area contributed by atoms with Crippen LogP contribution in [0.2, 0.25) is 0 Å². The van der Waals surface area contributed by atoms with Gasteiger partial charge in [-0.05, 0) is 5.41 Å². The van der Waals surface area contributed by atoms with Crippen LogP contribution in [0.15, 0.2) is 12.4 Å². The zero-order chi connectivity index (χ0) is 12.9. The number of carbonyl (C=O) groups is 2. The number of carboxylic acids is 1. The van der Waals surface area contributed by atoms with Crippen molar-refractivity contribution in [2.75, 3.05) is 0 Å². The van der Waals surface area contributed by atoms with Gasteiger partial charge in [0.05, 0.1) is 13.0 Å². The van der Waals surface area contributed by atoms with E-state index in [1.54, 1.807) is 26.2 Å². The van der Waals surface area contributed by atoms with Gasteiger partial charge in [0.2, 0.25) is 5.91 Å². The molecule has 0 fully saturated rings. The maximum Gasteiger partial charge on any atom is 0.303 e. The Morgan fingerprint density at radius 1 is 1.47 bits per heavy atom. The largest absolute Gasteiger partial charge is 0.481 e. The van der Waals surface area contributed by atoms with Crippen molar-refractivity contribution in [3.8, 4) is 0 Å². The molecule has 1 heterocycles. The second kappa shape index (κ2) is 5.47. The number of aliphatic carboxylic acids is 1. The van der Waals surface area contributed by atoms with E-state index in [0.717, 1.165) is 0 Å². The molecule has 1 rings (SSSR count). The monoisotopic (exact) mass is 239 g/mol. The maximum absolute atomic E-state index is 11.6. The summed E-state index contributed by atoms with van der Waals surface area (Å²) in [5, 5.41) is 11.4.